The summed E-state index contributed by atoms with van der Waals surface area (Å²) in [6.07, 6.45) is 12.4. The number of nitrogens with one attached hydrogen (secondary N) is 2. The highest BCUT2D eigenvalue weighted by Crippen LogP contribution is 2.45. The predicted octanol–water partition coefficient (Wildman–Crippen LogP) is 5.62. The van der Waals surface area contributed by atoms with Gasteiger partial charge in [-0.2, -0.15) is 9.97 Å². The van der Waals surface area contributed by atoms with Gasteiger partial charge in [0.1, 0.15) is 53.7 Å². The normalized spacial score (nSPS) is 22.0. The van der Waals surface area contributed by atoms with Crippen molar-refractivity contribution in [3.05, 3.63) is 89.1 Å². The number of likely N-dealkylation sites (N-methyl/N-ethyl adjacent to an activating group) is 1. The zero-order valence-corrected chi connectivity index (χ0v) is 36.2. The first kappa shape index (κ1) is 44.1. The first-order chi connectivity index (χ1) is 31.6. The van der Waals surface area contributed by atoms with E-state index in [9.17, 15) is 14.7 Å². The van der Waals surface area contributed by atoms with Crippen LogP contribution in [0.5, 0.6) is 17.5 Å². The largest absolute Gasteiger partial charge is 0.508 e. The maximum atomic E-state index is 17.2. The molecule has 5 aromatic rings. The molecule has 2 aromatic heterocycles. The van der Waals surface area contributed by atoms with Crippen LogP contribution in [0.3, 0.4) is 0 Å². The minimum absolute atomic E-state index is 0.00932. The second-order valence-electron chi connectivity index (χ2n) is 17.4. The molecule has 14 nitrogen and oxygen atoms in total. The van der Waals surface area contributed by atoms with Gasteiger partial charge >= 0.3 is 6.01 Å². The van der Waals surface area contributed by atoms with Crippen LogP contribution in [0, 0.1) is 24.0 Å². The Kier molecular flexibility index (Phi) is 12.8. The Morgan fingerprint density at radius 1 is 1.09 bits per heavy atom. The molecule has 9 rings (SSSR count). The lowest BCUT2D eigenvalue weighted by Crippen LogP contribution is -2.51. The number of halogens is 2. The third-order valence-corrected chi connectivity index (χ3v) is 13.1. The van der Waals surface area contributed by atoms with E-state index in [0.29, 0.717) is 80.7 Å². The van der Waals surface area contributed by atoms with Gasteiger partial charge in [0, 0.05) is 67.0 Å². The van der Waals surface area contributed by atoms with E-state index in [0.717, 1.165) is 31.3 Å². The number of carbonyl (C=O) groups is 2. The van der Waals surface area contributed by atoms with Gasteiger partial charge in [0.25, 0.3) is 0 Å². The highest BCUT2D eigenvalue weighted by molar-refractivity contribution is 6.03. The summed E-state index contributed by atoms with van der Waals surface area (Å²) in [6, 6.07) is 10.9. The number of fused-ring (bicyclic) bond motifs is 5. The summed E-state index contributed by atoms with van der Waals surface area (Å²) in [5.41, 5.74) is 0.954. The molecule has 0 saturated carbocycles. The lowest BCUT2D eigenvalue weighted by atomic mass is 9.94. The van der Waals surface area contributed by atoms with Gasteiger partial charge in [0.15, 0.2) is 18.4 Å². The number of hydrogen-bond acceptors (Lipinski definition) is 14. The number of piperazine rings is 1. The number of benzene rings is 3. The number of aromatic nitrogens is 3. The van der Waals surface area contributed by atoms with Gasteiger partial charge in [-0.1, -0.05) is 36.3 Å². The monoisotopic (exact) mass is 887 g/mol. The quantitative estimate of drug-likeness (QED) is 0.0431. The van der Waals surface area contributed by atoms with Crippen molar-refractivity contribution in [3.63, 3.8) is 0 Å². The summed E-state index contributed by atoms with van der Waals surface area (Å²) in [6.45, 7) is 8.29. The molecule has 4 saturated heterocycles. The third kappa shape index (κ3) is 8.74. The van der Waals surface area contributed by atoms with Crippen molar-refractivity contribution in [3.8, 4) is 41.1 Å². The van der Waals surface area contributed by atoms with Crippen LogP contribution in [0.15, 0.2) is 60.8 Å². The molecule has 5 unspecified atom stereocenters. The van der Waals surface area contributed by atoms with E-state index in [4.69, 9.17) is 35.3 Å². The van der Waals surface area contributed by atoms with E-state index >= 15 is 8.78 Å². The van der Waals surface area contributed by atoms with Crippen molar-refractivity contribution >= 4 is 40.1 Å². The Labute approximate surface area is 375 Å². The molecular formula is C49H51F2N7O7. The van der Waals surface area contributed by atoms with E-state index in [1.54, 1.807) is 18.2 Å². The number of nitrogens with zero attached hydrogens (tertiary/aromatic N) is 5. The molecule has 0 amide bonds. The molecule has 2 bridgehead atoms. The SMILES string of the molecule is C#Cc1c(F)ccc2cc(O)cc(-c3ncc4c(N5CC6CCC(C5)N6)nc(OCC56CCC(COCC(COc7cccc(C=O)c7C=O)OCCNC)N5CC(=C)C6)nc4c3F)c12. The summed E-state index contributed by atoms with van der Waals surface area (Å²) in [4.78, 5) is 42.0. The minimum atomic E-state index is -0.780. The average Bonchev–Trinajstić information content (AvgIpc) is 3.95. The van der Waals surface area contributed by atoms with Crippen molar-refractivity contribution in [1.82, 2.24) is 30.5 Å². The van der Waals surface area contributed by atoms with E-state index in [1.807, 2.05) is 7.05 Å². The number of ether oxygens (including phenoxy) is 4. The van der Waals surface area contributed by atoms with Crippen molar-refractivity contribution in [2.45, 2.75) is 61.9 Å². The van der Waals surface area contributed by atoms with E-state index in [2.05, 4.69) is 37.9 Å². The van der Waals surface area contributed by atoms with E-state index in [-0.39, 0.29) is 88.6 Å². The second-order valence-corrected chi connectivity index (χ2v) is 17.4. The fourth-order valence-corrected chi connectivity index (χ4v) is 10.1. The van der Waals surface area contributed by atoms with Crippen LogP contribution in [0.1, 0.15) is 58.4 Å². The molecule has 0 aliphatic carbocycles. The van der Waals surface area contributed by atoms with Crippen LogP contribution in [-0.2, 0) is 9.47 Å². The highest BCUT2D eigenvalue weighted by Gasteiger charge is 2.51. The molecule has 4 aliphatic rings. The van der Waals surface area contributed by atoms with Crippen molar-refractivity contribution in [2.24, 2.45) is 0 Å². The number of phenols is 1. The van der Waals surface area contributed by atoms with Crippen molar-refractivity contribution < 1.29 is 42.4 Å². The number of rotatable bonds is 18. The zero-order chi connectivity index (χ0) is 45.2. The number of hydrogen-bond donors (Lipinski definition) is 3. The third-order valence-electron chi connectivity index (χ3n) is 13.1. The molecule has 16 heteroatoms. The Hall–Kier alpha value is -6.09. The lowest BCUT2D eigenvalue weighted by molar-refractivity contribution is -0.0478. The summed E-state index contributed by atoms with van der Waals surface area (Å²) < 4.78 is 57.2. The van der Waals surface area contributed by atoms with Gasteiger partial charge in [-0.25, -0.2) is 8.78 Å². The number of phenolic OH excluding ortho intramolecular Hbond substituents is 1. The molecule has 4 aliphatic heterocycles. The van der Waals surface area contributed by atoms with Gasteiger partial charge in [-0.3, -0.25) is 19.5 Å². The fraction of sp³-hybridized carbons (Fsp3) is 0.408. The molecule has 3 N–H and O–H groups in total. The zero-order valence-electron chi connectivity index (χ0n) is 36.2. The maximum absolute atomic E-state index is 17.2. The summed E-state index contributed by atoms with van der Waals surface area (Å²) in [5.74, 6) is 1.61. The molecular weight excluding hydrogens is 837 g/mol. The Balaban J connectivity index is 0.963. The topological polar surface area (TPSA) is 160 Å². The van der Waals surface area contributed by atoms with Crippen molar-refractivity contribution in [2.75, 3.05) is 71.2 Å². The van der Waals surface area contributed by atoms with Gasteiger partial charge in [0.05, 0.1) is 41.9 Å². The fourth-order valence-electron chi connectivity index (χ4n) is 10.1. The van der Waals surface area contributed by atoms with Crippen LogP contribution >= 0.6 is 0 Å². The van der Waals surface area contributed by atoms with Crippen molar-refractivity contribution in [1.29, 1.82) is 0 Å². The molecule has 338 valence electrons. The summed E-state index contributed by atoms with van der Waals surface area (Å²) in [5, 5.41) is 18.5. The van der Waals surface area contributed by atoms with E-state index in [1.165, 1.54) is 30.5 Å². The maximum Gasteiger partial charge on any atom is 0.319 e. The average molecular weight is 888 g/mol. The summed E-state index contributed by atoms with van der Waals surface area (Å²) in [7, 11) is 1.83. The number of carbonyl (C=O) groups excluding carboxylic acids is 2. The molecule has 4 fully saturated rings. The van der Waals surface area contributed by atoms with Gasteiger partial charge in [-0.05, 0) is 68.8 Å². The first-order valence-electron chi connectivity index (χ1n) is 22.0. The van der Waals surface area contributed by atoms with Crippen LogP contribution in [0.4, 0.5) is 14.6 Å². The number of aromatic hydroxyl groups is 1. The van der Waals surface area contributed by atoms with Gasteiger partial charge in [0.2, 0.25) is 0 Å². The standard InChI is InChI=1S/C49H51F2N7O7/c1-4-37-41(50)11-8-30-16-35(61)17-38(43(30)37)45-44(51)46-39(19-53-45)47(57-21-32-9-10-33(22-57)54-32)56-48(55-46)65-28-49-13-12-34(58(49)20-29(2)18-49)25-62-26-36(63-15-14-52-3)27-64-42-7-5-6-31(23-59)40(42)24-60/h1,5-8,11,16-17,19,23-24,32-34,36,52,54,61H,2,9-10,12-15,18,20-22,25-28H2,3H3. The number of pyridine rings is 1. The Morgan fingerprint density at radius 3 is 2.69 bits per heavy atom. The molecule has 5 atom stereocenters. The smallest absolute Gasteiger partial charge is 0.319 e. The summed E-state index contributed by atoms with van der Waals surface area (Å²) >= 11 is 0. The number of terminal acetylenes is 1. The molecule has 6 heterocycles. The van der Waals surface area contributed by atoms with Gasteiger partial charge in [-0.15, -0.1) is 6.42 Å². The van der Waals surface area contributed by atoms with Crippen LogP contribution < -0.4 is 25.0 Å². The molecule has 0 spiro atoms. The van der Waals surface area contributed by atoms with Gasteiger partial charge < -0.3 is 39.6 Å². The first-order valence-corrected chi connectivity index (χ1v) is 22.0. The second kappa shape index (κ2) is 18.8. The van der Waals surface area contributed by atoms with Crippen LogP contribution in [-0.4, -0.2) is 134 Å². The Morgan fingerprint density at radius 2 is 1.92 bits per heavy atom. The number of anilines is 1. The molecule has 65 heavy (non-hydrogen) atoms. The van der Waals surface area contributed by atoms with Crippen LogP contribution in [0.2, 0.25) is 0 Å². The lowest BCUT2D eigenvalue weighted by Gasteiger charge is -2.35. The molecule has 0 radical (unpaired) electrons. The van der Waals surface area contributed by atoms with Crippen LogP contribution in [0.25, 0.3) is 32.9 Å². The minimum Gasteiger partial charge on any atom is -0.508 e. The predicted molar refractivity (Wildman–Crippen MR) is 241 cm³/mol. The molecule has 3 aromatic carbocycles. The number of aldehydes is 2. The Bertz CT molecular complexity index is 2680. The van der Waals surface area contributed by atoms with E-state index < -0.39 is 23.3 Å². The highest BCUT2D eigenvalue weighted by atomic mass is 19.1.